The molecule has 0 bridgehead atoms. The van der Waals surface area contributed by atoms with Crippen molar-refractivity contribution in [2.45, 2.75) is 129 Å². The van der Waals surface area contributed by atoms with Gasteiger partial charge in [-0.1, -0.05) is 144 Å². The fourth-order valence-corrected chi connectivity index (χ4v) is 10.9. The quantitative estimate of drug-likeness (QED) is 0.155. The third kappa shape index (κ3) is 9.88. The maximum Gasteiger partial charge on any atom is 0.416 e. The molecule has 0 amide bonds. The lowest BCUT2D eigenvalue weighted by atomic mass is 9.80. The van der Waals surface area contributed by atoms with E-state index in [1.807, 2.05) is 116 Å². The molecule has 0 spiro atoms. The third-order valence-corrected chi connectivity index (χ3v) is 15.2. The van der Waals surface area contributed by atoms with Crippen LogP contribution in [0, 0.1) is 0 Å². The fraction of sp³-hybridized carbons (Fsp3) is 0.303. The predicted octanol–water partition coefficient (Wildman–Crippen LogP) is 21.6. The Balaban J connectivity index is 1.63. The number of alkyl halides is 12. The van der Waals surface area contributed by atoms with E-state index < -0.39 is 79.7 Å². The summed E-state index contributed by atoms with van der Waals surface area (Å²) in [7, 11) is 0. The van der Waals surface area contributed by atoms with Crippen LogP contribution in [0.5, 0.6) is 0 Å². The van der Waals surface area contributed by atoms with E-state index in [-0.39, 0.29) is 45.1 Å². The molecule has 0 aliphatic carbocycles. The summed E-state index contributed by atoms with van der Waals surface area (Å²) in [6.07, 6.45) is -21.0. The van der Waals surface area contributed by atoms with Gasteiger partial charge in [0.1, 0.15) is 0 Å². The summed E-state index contributed by atoms with van der Waals surface area (Å²) in [6, 6.07) is 31.7. The molecule has 0 atom stereocenters. The van der Waals surface area contributed by atoms with Crippen molar-refractivity contribution in [3.63, 3.8) is 0 Å². The van der Waals surface area contributed by atoms with Crippen LogP contribution in [0.1, 0.15) is 128 Å². The smallest absolute Gasteiger partial charge is 0.306 e. The summed E-state index contributed by atoms with van der Waals surface area (Å²) in [5.74, 6) is 0. The molecule has 80 heavy (non-hydrogen) atoms. The number of rotatable bonds is 4. The number of hydrogen-bond acceptors (Lipinski definition) is 0. The molecule has 0 unspecified atom stereocenters. The molecule has 0 aliphatic heterocycles. The highest BCUT2D eigenvalue weighted by atomic mass is 19.4. The van der Waals surface area contributed by atoms with Crippen LogP contribution in [0.4, 0.5) is 52.7 Å². The Hall–Kier alpha value is -7.22. The second-order valence-electron chi connectivity index (χ2n) is 25.2. The van der Waals surface area contributed by atoms with Gasteiger partial charge in [-0.2, -0.15) is 52.7 Å². The van der Waals surface area contributed by atoms with Gasteiger partial charge in [-0.05, 0) is 150 Å². The molecular formula is C66H58F12N2. The van der Waals surface area contributed by atoms with Gasteiger partial charge in [0.25, 0.3) is 0 Å². The first kappa shape index (κ1) is 56.1. The molecule has 0 saturated carbocycles. The Morgan fingerprint density at radius 2 is 0.525 bits per heavy atom. The van der Waals surface area contributed by atoms with Crippen LogP contribution < -0.4 is 0 Å². The minimum atomic E-state index is -5.25. The molecule has 10 aromatic rings. The highest BCUT2D eigenvalue weighted by molar-refractivity contribution is 6.33. The van der Waals surface area contributed by atoms with Crippen LogP contribution in [0.3, 0.4) is 0 Å². The van der Waals surface area contributed by atoms with Gasteiger partial charge in [-0.25, -0.2) is 0 Å². The van der Waals surface area contributed by atoms with Crippen LogP contribution in [0.25, 0.3) is 88.0 Å². The molecule has 2 heterocycles. The number of benzene rings is 8. The van der Waals surface area contributed by atoms with Gasteiger partial charge in [-0.3, -0.25) is 0 Å². The van der Waals surface area contributed by atoms with E-state index in [1.165, 1.54) is 0 Å². The van der Waals surface area contributed by atoms with Crippen molar-refractivity contribution in [1.82, 2.24) is 9.13 Å². The van der Waals surface area contributed by atoms with Crippen molar-refractivity contribution in [2.24, 2.45) is 0 Å². The Bertz CT molecular complexity index is 3750. The summed E-state index contributed by atoms with van der Waals surface area (Å²) in [6.45, 7) is 24.1. The molecule has 14 heteroatoms. The van der Waals surface area contributed by atoms with Gasteiger partial charge >= 0.3 is 24.7 Å². The predicted molar refractivity (Wildman–Crippen MR) is 298 cm³/mol. The zero-order chi connectivity index (χ0) is 58.6. The van der Waals surface area contributed by atoms with E-state index in [0.717, 1.165) is 22.3 Å². The van der Waals surface area contributed by atoms with Crippen molar-refractivity contribution in [2.75, 3.05) is 0 Å². The van der Waals surface area contributed by atoms with Gasteiger partial charge in [0.05, 0.1) is 44.3 Å². The first-order chi connectivity index (χ1) is 36.7. The Labute approximate surface area is 455 Å². The van der Waals surface area contributed by atoms with Crippen LogP contribution in [0.15, 0.2) is 133 Å². The van der Waals surface area contributed by atoms with Crippen molar-refractivity contribution in [3.8, 4) is 33.6 Å². The topological polar surface area (TPSA) is 9.86 Å². The van der Waals surface area contributed by atoms with Crippen molar-refractivity contribution >= 4 is 54.4 Å². The van der Waals surface area contributed by atoms with E-state index in [4.69, 9.17) is 0 Å². The lowest BCUT2D eigenvalue weighted by Gasteiger charge is -2.27. The van der Waals surface area contributed by atoms with Gasteiger partial charge in [-0.15, -0.1) is 0 Å². The summed E-state index contributed by atoms with van der Waals surface area (Å²) >= 11 is 0. The lowest BCUT2D eigenvalue weighted by Crippen LogP contribution is -2.17. The van der Waals surface area contributed by atoms with Crippen LogP contribution in [-0.4, -0.2) is 9.13 Å². The number of nitrogens with zero attached hydrogens (tertiary/aromatic N) is 2. The minimum Gasteiger partial charge on any atom is -0.306 e. The lowest BCUT2D eigenvalue weighted by molar-refractivity contribution is -0.144. The Kier molecular flexibility index (Phi) is 12.7. The second-order valence-corrected chi connectivity index (χ2v) is 25.2. The highest BCUT2D eigenvalue weighted by Gasteiger charge is 2.40. The molecule has 416 valence electrons. The number of aromatic nitrogens is 2. The normalized spacial score (nSPS) is 13.8. The van der Waals surface area contributed by atoms with Crippen LogP contribution in [-0.2, 0) is 46.4 Å². The largest absolute Gasteiger partial charge is 0.416 e. The van der Waals surface area contributed by atoms with E-state index in [0.29, 0.717) is 68.2 Å². The standard InChI is InChI=1S/C66H58F12N2/c1-59(2,3)39-27-40(60(4,5)6)32-47(31-39)79-55-49-19-15-13-17-35(49)25-51(37-21-43(63(67,68)69)29-44(22-37)64(70,71)72)53(55)58-57(79)54-52(38-23-45(65(73,74)75)30-46(24-38)66(76,77)78)26-36-18-14-16-20-50(36)56(54)80(58)48-33-41(61(7,8)9)28-42(34-48)62(10,11)12/h13-34H,1-12H3. The highest BCUT2D eigenvalue weighted by Crippen LogP contribution is 2.53. The molecule has 0 aliphatic rings. The second kappa shape index (κ2) is 18.1. The zero-order valence-corrected chi connectivity index (χ0v) is 46.1. The third-order valence-electron chi connectivity index (χ3n) is 15.2. The first-order valence-electron chi connectivity index (χ1n) is 26.1. The van der Waals surface area contributed by atoms with Crippen LogP contribution in [0.2, 0.25) is 0 Å². The van der Waals surface area contributed by atoms with Crippen molar-refractivity contribution in [3.05, 3.63) is 178 Å². The molecule has 0 saturated heterocycles. The molecule has 0 N–H and O–H groups in total. The maximum absolute atomic E-state index is 15.1. The Morgan fingerprint density at radius 1 is 0.275 bits per heavy atom. The van der Waals surface area contributed by atoms with E-state index in [9.17, 15) is 0 Å². The zero-order valence-electron chi connectivity index (χ0n) is 46.1. The average molecular weight is 1110 g/mol. The van der Waals surface area contributed by atoms with E-state index >= 15 is 52.7 Å². The molecular weight excluding hydrogens is 1050 g/mol. The van der Waals surface area contributed by atoms with Gasteiger partial charge < -0.3 is 9.13 Å². The van der Waals surface area contributed by atoms with E-state index in [2.05, 4.69) is 12.1 Å². The molecule has 2 aromatic heterocycles. The van der Waals surface area contributed by atoms with Gasteiger partial charge in [0.2, 0.25) is 0 Å². The summed E-state index contributed by atoms with van der Waals surface area (Å²) in [5, 5.41) is 2.20. The molecule has 0 radical (unpaired) electrons. The minimum absolute atomic E-state index is 0.0431. The average Bonchev–Trinajstić information content (AvgIpc) is 3.99. The molecule has 2 nitrogen and oxygen atoms in total. The molecule has 10 rings (SSSR count). The van der Waals surface area contributed by atoms with Gasteiger partial charge in [0, 0.05) is 32.9 Å². The first-order valence-corrected chi connectivity index (χ1v) is 26.1. The van der Waals surface area contributed by atoms with Crippen molar-refractivity contribution in [1.29, 1.82) is 0 Å². The maximum atomic E-state index is 15.1. The Morgan fingerprint density at radius 3 is 0.775 bits per heavy atom. The van der Waals surface area contributed by atoms with Crippen LogP contribution >= 0.6 is 0 Å². The molecule has 0 fully saturated rings. The van der Waals surface area contributed by atoms with Gasteiger partial charge in [0.15, 0.2) is 0 Å². The number of fused-ring (bicyclic) bond motifs is 9. The summed E-state index contributed by atoms with van der Waals surface area (Å²) in [5.41, 5.74) is -4.01. The summed E-state index contributed by atoms with van der Waals surface area (Å²) in [4.78, 5) is 0. The fourth-order valence-electron chi connectivity index (χ4n) is 10.9. The van der Waals surface area contributed by atoms with Crippen molar-refractivity contribution < 1.29 is 52.7 Å². The monoisotopic (exact) mass is 1110 g/mol. The SMILES string of the molecule is CC(C)(C)c1cc(-n2c3c4ccccc4cc(-c4cc(C(F)(F)F)cc(C(F)(F)F)c4)c3c3c2c2c(-c4cc(C(F)(F)F)cc(C(F)(F)F)c4)cc4ccccc4c2n3-c2cc(C(C)(C)C)cc(C(C)(C)C)c2)cc(C(C)(C)C)c1. The summed E-state index contributed by atoms with van der Waals surface area (Å²) < 4.78 is 185. The number of halogens is 12. The van der Waals surface area contributed by atoms with E-state index in [1.54, 1.807) is 60.7 Å². The molecule has 8 aromatic carbocycles. The number of hydrogen-bond donors (Lipinski definition) is 0.